The largest absolute Gasteiger partial charge is 0.467 e. The fourth-order valence-corrected chi connectivity index (χ4v) is 3.44. The van der Waals surface area contributed by atoms with Gasteiger partial charge in [0.25, 0.3) is 5.69 Å². The summed E-state index contributed by atoms with van der Waals surface area (Å²) in [4.78, 5) is 24.8. The van der Waals surface area contributed by atoms with Gasteiger partial charge in [-0.2, -0.15) is 0 Å². The van der Waals surface area contributed by atoms with Crippen molar-refractivity contribution in [2.75, 3.05) is 4.90 Å². The van der Waals surface area contributed by atoms with E-state index >= 15 is 0 Å². The fraction of sp³-hybridized carbons (Fsp3) is 0.235. The Labute approximate surface area is 138 Å². The van der Waals surface area contributed by atoms with Gasteiger partial charge in [-0.1, -0.05) is 18.2 Å². The molecule has 2 amide bonds. The average molecular weight is 325 g/mol. The van der Waals surface area contributed by atoms with Crippen molar-refractivity contribution >= 4 is 17.4 Å². The summed E-state index contributed by atoms with van der Waals surface area (Å²) in [7, 11) is 0. The lowest BCUT2D eigenvalue weighted by Gasteiger charge is -2.50. The van der Waals surface area contributed by atoms with E-state index in [0.717, 1.165) is 5.69 Å². The van der Waals surface area contributed by atoms with Crippen LogP contribution in [0.5, 0.6) is 5.75 Å². The number of hydrogen-bond donors (Lipinski definition) is 1. The molecule has 1 N–H and O–H groups in total. The number of nitrogens with one attached hydrogen (secondary N) is 1. The second kappa shape index (κ2) is 4.95. The van der Waals surface area contributed by atoms with E-state index in [1.165, 1.54) is 12.1 Å². The minimum atomic E-state index is -0.850. The number of ether oxygens (including phenoxy) is 1. The van der Waals surface area contributed by atoms with Crippen molar-refractivity contribution in [3.8, 4) is 5.75 Å². The standard InChI is InChI=1S/C17H15N3O4/c1-17-10-14(13-9-12(20(22)23)7-8-15(13)24-17)18-16(21)19(17)11-5-3-2-4-6-11/h2-9,14H,10H2,1H3,(H,18,21)/t14-,17-/m0/s1. The van der Waals surface area contributed by atoms with Gasteiger partial charge in [0.05, 0.1) is 11.0 Å². The van der Waals surface area contributed by atoms with Crippen LogP contribution in [0.3, 0.4) is 0 Å². The summed E-state index contributed by atoms with van der Waals surface area (Å²) in [6.07, 6.45) is 0.502. The molecule has 0 spiro atoms. The molecule has 0 unspecified atom stereocenters. The summed E-state index contributed by atoms with van der Waals surface area (Å²) in [5.74, 6) is 0.556. The van der Waals surface area contributed by atoms with Gasteiger partial charge in [0.2, 0.25) is 0 Å². The molecule has 7 heteroatoms. The SMILES string of the molecule is C[C@]12C[C@H](NC(=O)N1c1ccccc1)c1cc([N+](=O)[O-])ccc1O2. The van der Waals surface area contributed by atoms with Gasteiger partial charge >= 0.3 is 6.03 Å². The number of carbonyl (C=O) groups is 1. The zero-order valence-electron chi connectivity index (χ0n) is 12.9. The smallest absolute Gasteiger partial charge is 0.325 e. The number of amides is 2. The van der Waals surface area contributed by atoms with Crippen molar-refractivity contribution in [1.29, 1.82) is 0 Å². The predicted octanol–water partition coefficient (Wildman–Crippen LogP) is 3.36. The summed E-state index contributed by atoms with van der Waals surface area (Å²) in [5, 5.41) is 13.9. The van der Waals surface area contributed by atoms with Gasteiger partial charge in [-0.25, -0.2) is 4.79 Å². The third kappa shape index (κ3) is 2.09. The number of fused-ring (bicyclic) bond motifs is 4. The van der Waals surface area contributed by atoms with Crippen LogP contribution >= 0.6 is 0 Å². The third-order valence-electron chi connectivity index (χ3n) is 4.48. The van der Waals surface area contributed by atoms with E-state index in [9.17, 15) is 14.9 Å². The predicted molar refractivity (Wildman–Crippen MR) is 86.9 cm³/mol. The molecule has 1 fully saturated rings. The molecule has 122 valence electrons. The van der Waals surface area contributed by atoms with Crippen LogP contribution in [0.4, 0.5) is 16.2 Å². The number of rotatable bonds is 2. The Kier molecular flexibility index (Phi) is 2.99. The van der Waals surface area contributed by atoms with Crippen LogP contribution in [0.2, 0.25) is 0 Å². The molecule has 2 atom stereocenters. The van der Waals surface area contributed by atoms with Crippen LogP contribution in [0.25, 0.3) is 0 Å². The molecule has 7 nitrogen and oxygen atoms in total. The number of nitro groups is 1. The highest BCUT2D eigenvalue weighted by Crippen LogP contribution is 2.46. The van der Waals surface area contributed by atoms with E-state index in [1.807, 2.05) is 37.3 Å². The number of nitro benzene ring substituents is 1. The van der Waals surface area contributed by atoms with E-state index < -0.39 is 10.6 Å². The van der Waals surface area contributed by atoms with Crippen LogP contribution in [-0.4, -0.2) is 16.7 Å². The summed E-state index contributed by atoms with van der Waals surface area (Å²) in [6.45, 7) is 1.86. The van der Waals surface area contributed by atoms with Crippen LogP contribution in [0.15, 0.2) is 48.5 Å². The Hall–Kier alpha value is -3.09. The lowest BCUT2D eigenvalue weighted by Crippen LogP contribution is -2.65. The molecule has 2 aliphatic heterocycles. The molecule has 0 aromatic heterocycles. The van der Waals surface area contributed by atoms with Gasteiger partial charge in [0, 0.05) is 29.8 Å². The number of benzene rings is 2. The topological polar surface area (TPSA) is 84.7 Å². The molecule has 4 rings (SSSR count). The second-order valence-electron chi connectivity index (χ2n) is 6.13. The molecular weight excluding hydrogens is 310 g/mol. The highest BCUT2D eigenvalue weighted by Gasteiger charge is 2.50. The van der Waals surface area contributed by atoms with Crippen LogP contribution < -0.4 is 15.0 Å². The van der Waals surface area contributed by atoms with Crippen molar-refractivity contribution in [3.63, 3.8) is 0 Å². The normalized spacial score (nSPS) is 24.6. The van der Waals surface area contributed by atoms with Gasteiger partial charge in [-0.15, -0.1) is 0 Å². The molecule has 2 bridgehead atoms. The molecular formula is C17H15N3O4. The van der Waals surface area contributed by atoms with E-state index in [2.05, 4.69) is 5.32 Å². The van der Waals surface area contributed by atoms with Gasteiger partial charge < -0.3 is 10.1 Å². The third-order valence-corrected chi connectivity index (χ3v) is 4.48. The second-order valence-corrected chi connectivity index (χ2v) is 6.13. The molecule has 1 saturated heterocycles. The van der Waals surface area contributed by atoms with E-state index in [-0.39, 0.29) is 17.8 Å². The Morgan fingerprint density at radius 3 is 2.75 bits per heavy atom. The maximum atomic E-state index is 12.6. The van der Waals surface area contributed by atoms with Crippen LogP contribution in [-0.2, 0) is 0 Å². The molecule has 24 heavy (non-hydrogen) atoms. The Bertz CT molecular complexity index is 839. The Morgan fingerprint density at radius 2 is 2.04 bits per heavy atom. The first kappa shape index (κ1) is 14.5. The number of non-ortho nitro benzene ring substituents is 1. The van der Waals surface area contributed by atoms with Crippen molar-refractivity contribution < 1.29 is 14.5 Å². The first-order valence-corrected chi connectivity index (χ1v) is 7.61. The quantitative estimate of drug-likeness (QED) is 0.677. The number of carbonyl (C=O) groups excluding carboxylic acids is 1. The maximum absolute atomic E-state index is 12.6. The molecule has 2 heterocycles. The number of hydrogen-bond acceptors (Lipinski definition) is 4. The number of para-hydroxylation sites is 1. The maximum Gasteiger partial charge on any atom is 0.325 e. The van der Waals surface area contributed by atoms with Gasteiger partial charge in [-0.3, -0.25) is 15.0 Å². The minimum absolute atomic E-state index is 0.0132. The summed E-state index contributed by atoms with van der Waals surface area (Å²) in [6, 6.07) is 13.2. The molecule has 2 aromatic rings. The first-order valence-electron chi connectivity index (χ1n) is 7.61. The minimum Gasteiger partial charge on any atom is -0.467 e. The Morgan fingerprint density at radius 1 is 1.29 bits per heavy atom. The first-order chi connectivity index (χ1) is 11.5. The summed E-state index contributed by atoms with van der Waals surface area (Å²) in [5.41, 5.74) is 0.516. The molecule has 0 aliphatic carbocycles. The summed E-state index contributed by atoms with van der Waals surface area (Å²) >= 11 is 0. The lowest BCUT2D eigenvalue weighted by molar-refractivity contribution is -0.385. The van der Waals surface area contributed by atoms with Crippen molar-refractivity contribution in [1.82, 2.24) is 5.32 Å². The van der Waals surface area contributed by atoms with Crippen molar-refractivity contribution in [3.05, 3.63) is 64.2 Å². The van der Waals surface area contributed by atoms with Crippen LogP contribution in [0.1, 0.15) is 24.9 Å². The zero-order chi connectivity index (χ0) is 16.9. The molecule has 2 aromatic carbocycles. The molecule has 2 aliphatic rings. The molecule has 0 saturated carbocycles. The lowest BCUT2D eigenvalue weighted by atomic mass is 9.90. The van der Waals surface area contributed by atoms with Crippen molar-refractivity contribution in [2.24, 2.45) is 0 Å². The zero-order valence-corrected chi connectivity index (χ0v) is 12.9. The Balaban J connectivity index is 1.79. The average Bonchev–Trinajstić information content (AvgIpc) is 2.54. The fourth-order valence-electron chi connectivity index (χ4n) is 3.44. The van der Waals surface area contributed by atoms with E-state index in [0.29, 0.717) is 17.7 Å². The number of anilines is 1. The van der Waals surface area contributed by atoms with Gasteiger partial charge in [-0.05, 0) is 25.1 Å². The number of urea groups is 1. The highest BCUT2D eigenvalue weighted by atomic mass is 16.6. The summed E-state index contributed by atoms with van der Waals surface area (Å²) < 4.78 is 6.10. The van der Waals surface area contributed by atoms with Crippen molar-refractivity contribution in [2.45, 2.75) is 25.1 Å². The number of nitrogens with zero attached hydrogens (tertiary/aromatic N) is 2. The van der Waals surface area contributed by atoms with E-state index in [4.69, 9.17) is 4.74 Å². The van der Waals surface area contributed by atoms with Gasteiger partial charge in [0.1, 0.15) is 5.75 Å². The van der Waals surface area contributed by atoms with Gasteiger partial charge in [0.15, 0.2) is 5.72 Å². The highest BCUT2D eigenvalue weighted by molar-refractivity contribution is 5.94. The monoisotopic (exact) mass is 325 g/mol. The van der Waals surface area contributed by atoms with E-state index in [1.54, 1.807) is 11.0 Å². The molecule has 0 radical (unpaired) electrons. The van der Waals surface area contributed by atoms with Crippen LogP contribution in [0, 0.1) is 10.1 Å².